The minimum atomic E-state index is 0.0472. The SMILES string of the molecule is COc1ccc(CCC2CCN(C(=O)c3cccc4c3OCO4)CC2)cc1. The first-order valence-corrected chi connectivity index (χ1v) is 9.55. The minimum absolute atomic E-state index is 0.0472. The number of piperidine rings is 1. The molecule has 2 aromatic rings. The van der Waals surface area contributed by atoms with Gasteiger partial charge in [-0.15, -0.1) is 0 Å². The molecule has 0 atom stereocenters. The van der Waals surface area contributed by atoms with Crippen molar-refractivity contribution in [3.63, 3.8) is 0 Å². The molecule has 2 aromatic carbocycles. The molecule has 1 amide bonds. The Morgan fingerprint density at radius 3 is 2.63 bits per heavy atom. The summed E-state index contributed by atoms with van der Waals surface area (Å²) in [4.78, 5) is 14.8. The molecule has 0 aliphatic carbocycles. The van der Waals surface area contributed by atoms with Crippen molar-refractivity contribution in [3.05, 3.63) is 53.6 Å². The van der Waals surface area contributed by atoms with Gasteiger partial charge in [-0.3, -0.25) is 4.79 Å². The Morgan fingerprint density at radius 2 is 1.89 bits per heavy atom. The van der Waals surface area contributed by atoms with E-state index in [1.807, 2.05) is 35.2 Å². The number of carbonyl (C=O) groups is 1. The van der Waals surface area contributed by atoms with Crippen molar-refractivity contribution >= 4 is 5.91 Å². The smallest absolute Gasteiger partial charge is 0.257 e. The van der Waals surface area contributed by atoms with Crippen LogP contribution in [0, 0.1) is 5.92 Å². The molecule has 2 heterocycles. The first kappa shape index (κ1) is 17.7. The molecule has 4 rings (SSSR count). The molecule has 0 radical (unpaired) electrons. The molecule has 5 nitrogen and oxygen atoms in total. The van der Waals surface area contributed by atoms with Crippen LogP contribution in [-0.4, -0.2) is 37.8 Å². The van der Waals surface area contributed by atoms with Crippen LogP contribution in [0.2, 0.25) is 0 Å². The van der Waals surface area contributed by atoms with Crippen LogP contribution >= 0.6 is 0 Å². The number of carbonyl (C=O) groups excluding carboxylic acids is 1. The predicted octanol–water partition coefficient (Wildman–Crippen LogP) is 3.91. The Kier molecular flexibility index (Phi) is 5.19. The summed E-state index contributed by atoms with van der Waals surface area (Å²) in [5.41, 5.74) is 1.95. The molecule has 2 aliphatic heterocycles. The third kappa shape index (κ3) is 3.87. The molecule has 0 unspecified atom stereocenters. The van der Waals surface area contributed by atoms with E-state index in [1.54, 1.807) is 7.11 Å². The van der Waals surface area contributed by atoms with Crippen molar-refractivity contribution in [1.82, 2.24) is 4.90 Å². The normalized spacial score (nSPS) is 16.4. The van der Waals surface area contributed by atoms with E-state index in [2.05, 4.69) is 12.1 Å². The molecule has 0 N–H and O–H groups in total. The highest BCUT2D eigenvalue weighted by atomic mass is 16.7. The standard InChI is InChI=1S/C22H25NO4/c1-25-18-9-7-16(8-10-18)5-6-17-11-13-23(14-12-17)22(24)19-3-2-4-20-21(19)27-15-26-20/h2-4,7-10,17H,5-6,11-15H2,1H3. The summed E-state index contributed by atoms with van der Waals surface area (Å²) in [7, 11) is 1.69. The number of para-hydroxylation sites is 1. The van der Waals surface area contributed by atoms with Crippen molar-refractivity contribution < 1.29 is 19.0 Å². The Balaban J connectivity index is 1.30. The number of benzene rings is 2. The van der Waals surface area contributed by atoms with Crippen LogP contribution < -0.4 is 14.2 Å². The molecule has 0 bridgehead atoms. The quantitative estimate of drug-likeness (QED) is 0.804. The number of rotatable bonds is 5. The number of hydrogen-bond acceptors (Lipinski definition) is 4. The fourth-order valence-electron chi connectivity index (χ4n) is 3.86. The monoisotopic (exact) mass is 367 g/mol. The van der Waals surface area contributed by atoms with Crippen LogP contribution in [0.1, 0.15) is 35.2 Å². The fraction of sp³-hybridized carbons (Fsp3) is 0.409. The number of likely N-dealkylation sites (tertiary alicyclic amines) is 1. The van der Waals surface area contributed by atoms with Crippen molar-refractivity contribution in [2.75, 3.05) is 27.0 Å². The van der Waals surface area contributed by atoms with Gasteiger partial charge in [0.15, 0.2) is 11.5 Å². The van der Waals surface area contributed by atoms with E-state index in [9.17, 15) is 4.79 Å². The second kappa shape index (κ2) is 7.91. The van der Waals surface area contributed by atoms with Crippen molar-refractivity contribution in [1.29, 1.82) is 0 Å². The molecule has 1 saturated heterocycles. The van der Waals surface area contributed by atoms with Crippen LogP contribution in [0.5, 0.6) is 17.2 Å². The summed E-state index contributed by atoms with van der Waals surface area (Å²) < 4.78 is 16.1. The summed E-state index contributed by atoms with van der Waals surface area (Å²) in [6.07, 6.45) is 4.33. The van der Waals surface area contributed by atoms with Gasteiger partial charge in [-0.1, -0.05) is 18.2 Å². The zero-order valence-electron chi connectivity index (χ0n) is 15.6. The summed E-state index contributed by atoms with van der Waals surface area (Å²) in [5.74, 6) is 2.86. The van der Waals surface area contributed by atoms with Crippen LogP contribution in [0.15, 0.2) is 42.5 Å². The maximum atomic E-state index is 12.9. The zero-order chi connectivity index (χ0) is 18.6. The fourth-order valence-corrected chi connectivity index (χ4v) is 3.86. The van der Waals surface area contributed by atoms with Gasteiger partial charge in [0.25, 0.3) is 5.91 Å². The van der Waals surface area contributed by atoms with Gasteiger partial charge in [-0.2, -0.15) is 0 Å². The number of fused-ring (bicyclic) bond motifs is 1. The van der Waals surface area contributed by atoms with Crippen molar-refractivity contribution in [3.8, 4) is 17.2 Å². The van der Waals surface area contributed by atoms with E-state index in [0.29, 0.717) is 23.0 Å². The first-order valence-electron chi connectivity index (χ1n) is 9.55. The predicted molar refractivity (Wildman–Crippen MR) is 103 cm³/mol. The highest BCUT2D eigenvalue weighted by molar-refractivity contribution is 5.98. The summed E-state index contributed by atoms with van der Waals surface area (Å²) in [6.45, 7) is 1.79. The lowest BCUT2D eigenvalue weighted by Gasteiger charge is -2.32. The Hall–Kier alpha value is -2.69. The van der Waals surface area contributed by atoms with Gasteiger partial charge in [-0.25, -0.2) is 0 Å². The van der Waals surface area contributed by atoms with Gasteiger partial charge in [-0.05, 0) is 61.4 Å². The number of ether oxygens (including phenoxy) is 3. The van der Waals surface area contributed by atoms with Gasteiger partial charge in [0, 0.05) is 13.1 Å². The zero-order valence-corrected chi connectivity index (χ0v) is 15.6. The van der Waals surface area contributed by atoms with Crippen LogP contribution in [0.25, 0.3) is 0 Å². The topological polar surface area (TPSA) is 48.0 Å². The number of methoxy groups -OCH3 is 1. The number of hydrogen-bond donors (Lipinski definition) is 0. The van der Waals surface area contributed by atoms with Crippen LogP contribution in [-0.2, 0) is 6.42 Å². The van der Waals surface area contributed by atoms with Crippen molar-refractivity contribution in [2.24, 2.45) is 5.92 Å². The number of aryl methyl sites for hydroxylation is 1. The van der Waals surface area contributed by atoms with Crippen LogP contribution in [0.3, 0.4) is 0 Å². The van der Waals surface area contributed by atoms with Crippen molar-refractivity contribution in [2.45, 2.75) is 25.7 Å². The molecule has 142 valence electrons. The van der Waals surface area contributed by atoms with E-state index >= 15 is 0 Å². The molecule has 0 saturated carbocycles. The Bertz CT molecular complexity index is 794. The molecule has 0 spiro atoms. The van der Waals surface area contributed by atoms with E-state index in [-0.39, 0.29) is 12.7 Å². The van der Waals surface area contributed by atoms with Gasteiger partial charge in [0.2, 0.25) is 6.79 Å². The molecule has 27 heavy (non-hydrogen) atoms. The van der Waals surface area contributed by atoms with E-state index in [0.717, 1.165) is 44.5 Å². The Labute approximate surface area is 159 Å². The third-order valence-electron chi connectivity index (χ3n) is 5.53. The second-order valence-electron chi connectivity index (χ2n) is 7.16. The number of nitrogens with zero attached hydrogens (tertiary/aromatic N) is 1. The second-order valence-corrected chi connectivity index (χ2v) is 7.16. The molecular weight excluding hydrogens is 342 g/mol. The van der Waals surface area contributed by atoms with E-state index in [4.69, 9.17) is 14.2 Å². The summed E-state index contributed by atoms with van der Waals surface area (Å²) in [6, 6.07) is 13.8. The third-order valence-corrected chi connectivity index (χ3v) is 5.53. The van der Waals surface area contributed by atoms with E-state index in [1.165, 1.54) is 5.56 Å². The maximum Gasteiger partial charge on any atom is 0.257 e. The first-order chi connectivity index (χ1) is 13.2. The summed E-state index contributed by atoms with van der Waals surface area (Å²) in [5, 5.41) is 0. The van der Waals surface area contributed by atoms with Gasteiger partial charge >= 0.3 is 0 Å². The van der Waals surface area contributed by atoms with Gasteiger partial charge in [0.1, 0.15) is 5.75 Å². The molecule has 0 aromatic heterocycles. The van der Waals surface area contributed by atoms with E-state index < -0.39 is 0 Å². The minimum Gasteiger partial charge on any atom is -0.497 e. The highest BCUT2D eigenvalue weighted by Crippen LogP contribution is 2.36. The lowest BCUT2D eigenvalue weighted by molar-refractivity contribution is 0.0682. The lowest BCUT2D eigenvalue weighted by atomic mass is 9.90. The van der Waals surface area contributed by atoms with Crippen LogP contribution in [0.4, 0.5) is 0 Å². The molecule has 2 aliphatic rings. The maximum absolute atomic E-state index is 12.9. The lowest BCUT2D eigenvalue weighted by Crippen LogP contribution is -2.38. The number of amides is 1. The molecule has 1 fully saturated rings. The largest absolute Gasteiger partial charge is 0.497 e. The highest BCUT2D eigenvalue weighted by Gasteiger charge is 2.28. The van der Waals surface area contributed by atoms with Gasteiger partial charge < -0.3 is 19.1 Å². The summed E-state index contributed by atoms with van der Waals surface area (Å²) >= 11 is 0. The van der Waals surface area contributed by atoms with Gasteiger partial charge in [0.05, 0.1) is 12.7 Å². The average molecular weight is 367 g/mol. The molecular formula is C22H25NO4. The Morgan fingerprint density at radius 1 is 1.11 bits per heavy atom. The molecule has 5 heteroatoms. The average Bonchev–Trinajstić information content (AvgIpc) is 3.21.